The number of nitrogens with one attached hydrogen (secondary N) is 1. The quantitative estimate of drug-likeness (QED) is 0.871. The first kappa shape index (κ1) is 12.0. The van der Waals surface area contributed by atoms with Gasteiger partial charge in [-0.15, -0.1) is 0 Å². The molecule has 2 atom stereocenters. The highest BCUT2D eigenvalue weighted by Crippen LogP contribution is 2.32. The lowest BCUT2D eigenvalue weighted by Crippen LogP contribution is -2.55. The third kappa shape index (κ3) is 2.26. The van der Waals surface area contributed by atoms with Crippen molar-refractivity contribution in [3.05, 3.63) is 12.4 Å². The number of aromatic nitrogens is 2. The fourth-order valence-corrected chi connectivity index (χ4v) is 3.51. The van der Waals surface area contributed by atoms with Crippen LogP contribution in [-0.2, 0) is 0 Å². The van der Waals surface area contributed by atoms with Gasteiger partial charge >= 0.3 is 0 Å². The molecule has 1 N–H and O–H groups in total. The van der Waals surface area contributed by atoms with Gasteiger partial charge in [0.1, 0.15) is 0 Å². The van der Waals surface area contributed by atoms with Crippen LogP contribution in [0.2, 0.25) is 0 Å². The minimum absolute atomic E-state index is 0.544. The van der Waals surface area contributed by atoms with Crippen molar-refractivity contribution >= 4 is 5.95 Å². The van der Waals surface area contributed by atoms with Gasteiger partial charge in [0.05, 0.1) is 0 Å². The standard InChI is InChI=1S/C14H24N4/c1-11-9-17(10-12(2)16-11)14-15-7-8-18(14)13-5-3-4-6-13/h7-8,11-13,16H,3-6,9-10H2,1-2H3. The molecule has 1 saturated heterocycles. The summed E-state index contributed by atoms with van der Waals surface area (Å²) in [6, 6.07) is 1.77. The summed E-state index contributed by atoms with van der Waals surface area (Å²) in [5.41, 5.74) is 0. The van der Waals surface area contributed by atoms with Crippen LogP contribution in [0.25, 0.3) is 0 Å². The fourth-order valence-electron chi connectivity index (χ4n) is 3.51. The zero-order chi connectivity index (χ0) is 12.5. The van der Waals surface area contributed by atoms with Crippen molar-refractivity contribution < 1.29 is 0 Å². The average molecular weight is 248 g/mol. The maximum absolute atomic E-state index is 4.61. The normalized spacial score (nSPS) is 30.0. The van der Waals surface area contributed by atoms with Gasteiger partial charge in [-0.25, -0.2) is 4.98 Å². The predicted octanol–water partition coefficient (Wildman–Crippen LogP) is 2.18. The summed E-state index contributed by atoms with van der Waals surface area (Å²) in [4.78, 5) is 7.06. The van der Waals surface area contributed by atoms with E-state index in [9.17, 15) is 0 Å². The largest absolute Gasteiger partial charge is 0.339 e. The Morgan fingerprint density at radius 3 is 2.50 bits per heavy atom. The van der Waals surface area contributed by atoms with Gasteiger partial charge in [-0.05, 0) is 26.7 Å². The van der Waals surface area contributed by atoms with Crippen LogP contribution in [0.15, 0.2) is 12.4 Å². The molecule has 0 radical (unpaired) electrons. The molecule has 18 heavy (non-hydrogen) atoms. The molecule has 0 aromatic carbocycles. The Hall–Kier alpha value is -1.03. The highest BCUT2D eigenvalue weighted by molar-refractivity contribution is 5.34. The van der Waals surface area contributed by atoms with Gasteiger partial charge in [-0.1, -0.05) is 12.8 Å². The third-order valence-corrected chi connectivity index (χ3v) is 4.21. The molecule has 1 aromatic heterocycles. The lowest BCUT2D eigenvalue weighted by Gasteiger charge is -2.37. The lowest BCUT2D eigenvalue weighted by molar-refractivity contribution is 0.395. The summed E-state index contributed by atoms with van der Waals surface area (Å²) in [5.74, 6) is 1.18. The summed E-state index contributed by atoms with van der Waals surface area (Å²) in [5, 5.41) is 3.58. The summed E-state index contributed by atoms with van der Waals surface area (Å²) in [7, 11) is 0. The van der Waals surface area contributed by atoms with Crippen LogP contribution in [-0.4, -0.2) is 34.7 Å². The Labute approximate surface area is 109 Å². The van der Waals surface area contributed by atoms with Crippen LogP contribution in [0, 0.1) is 0 Å². The van der Waals surface area contributed by atoms with E-state index in [4.69, 9.17) is 0 Å². The number of hydrogen-bond donors (Lipinski definition) is 1. The van der Waals surface area contributed by atoms with Crippen molar-refractivity contribution in [1.29, 1.82) is 0 Å². The maximum atomic E-state index is 4.61. The van der Waals surface area contributed by atoms with Crippen molar-refractivity contribution in [2.45, 2.75) is 57.7 Å². The monoisotopic (exact) mass is 248 g/mol. The fraction of sp³-hybridized carbons (Fsp3) is 0.786. The molecule has 2 aliphatic rings. The molecule has 2 heterocycles. The first-order chi connectivity index (χ1) is 8.74. The lowest BCUT2D eigenvalue weighted by atomic mass is 10.1. The number of anilines is 1. The number of piperazine rings is 1. The molecule has 1 aromatic rings. The molecule has 4 nitrogen and oxygen atoms in total. The van der Waals surface area contributed by atoms with E-state index in [2.05, 4.69) is 39.8 Å². The highest BCUT2D eigenvalue weighted by atomic mass is 15.3. The summed E-state index contributed by atoms with van der Waals surface area (Å²) in [6.07, 6.45) is 9.52. The Kier molecular flexibility index (Phi) is 3.29. The molecule has 3 rings (SSSR count). The summed E-state index contributed by atoms with van der Waals surface area (Å²) in [6.45, 7) is 6.64. The molecule has 4 heteroatoms. The van der Waals surface area contributed by atoms with Crippen LogP contribution in [0.1, 0.15) is 45.6 Å². The molecular weight excluding hydrogens is 224 g/mol. The number of hydrogen-bond acceptors (Lipinski definition) is 3. The molecule has 100 valence electrons. The van der Waals surface area contributed by atoms with Crippen LogP contribution in [0.5, 0.6) is 0 Å². The second-order valence-corrected chi connectivity index (χ2v) is 5.95. The van der Waals surface area contributed by atoms with E-state index in [1.54, 1.807) is 0 Å². The van der Waals surface area contributed by atoms with Crippen molar-refractivity contribution in [3.63, 3.8) is 0 Å². The van der Waals surface area contributed by atoms with Gasteiger partial charge in [-0.3, -0.25) is 0 Å². The minimum atomic E-state index is 0.544. The number of imidazole rings is 1. The van der Waals surface area contributed by atoms with E-state index < -0.39 is 0 Å². The Bertz CT molecular complexity index is 384. The van der Waals surface area contributed by atoms with E-state index in [0.29, 0.717) is 18.1 Å². The Morgan fingerprint density at radius 1 is 1.17 bits per heavy atom. The van der Waals surface area contributed by atoms with E-state index >= 15 is 0 Å². The molecule has 1 aliphatic heterocycles. The van der Waals surface area contributed by atoms with Gasteiger partial charge in [-0.2, -0.15) is 0 Å². The maximum Gasteiger partial charge on any atom is 0.205 e. The van der Waals surface area contributed by atoms with Gasteiger partial charge in [0.25, 0.3) is 0 Å². The van der Waals surface area contributed by atoms with Crippen LogP contribution in [0.3, 0.4) is 0 Å². The number of nitrogens with zero attached hydrogens (tertiary/aromatic N) is 3. The average Bonchev–Trinajstić information content (AvgIpc) is 2.98. The van der Waals surface area contributed by atoms with Crippen molar-refractivity contribution in [2.24, 2.45) is 0 Å². The Morgan fingerprint density at radius 2 is 1.83 bits per heavy atom. The summed E-state index contributed by atoms with van der Waals surface area (Å²) >= 11 is 0. The van der Waals surface area contributed by atoms with Crippen molar-refractivity contribution in [1.82, 2.24) is 14.9 Å². The van der Waals surface area contributed by atoms with E-state index in [1.165, 1.54) is 31.6 Å². The van der Waals surface area contributed by atoms with E-state index in [1.807, 2.05) is 6.20 Å². The predicted molar refractivity (Wildman–Crippen MR) is 74.0 cm³/mol. The van der Waals surface area contributed by atoms with Crippen LogP contribution < -0.4 is 10.2 Å². The number of rotatable bonds is 2. The molecule has 0 spiro atoms. The molecular formula is C14H24N4. The van der Waals surface area contributed by atoms with Gasteiger partial charge < -0.3 is 14.8 Å². The summed E-state index contributed by atoms with van der Waals surface area (Å²) < 4.78 is 2.41. The second kappa shape index (κ2) is 4.92. The first-order valence-electron chi connectivity index (χ1n) is 7.28. The SMILES string of the molecule is CC1CN(c2nccn2C2CCCC2)CC(C)N1. The topological polar surface area (TPSA) is 33.1 Å². The smallest absolute Gasteiger partial charge is 0.205 e. The molecule has 2 unspecified atom stereocenters. The van der Waals surface area contributed by atoms with Gasteiger partial charge in [0, 0.05) is 43.6 Å². The molecule has 1 saturated carbocycles. The first-order valence-corrected chi connectivity index (χ1v) is 7.28. The molecule has 0 bridgehead atoms. The van der Waals surface area contributed by atoms with Gasteiger partial charge in [0.15, 0.2) is 0 Å². The van der Waals surface area contributed by atoms with E-state index in [0.717, 1.165) is 13.1 Å². The zero-order valence-electron chi connectivity index (χ0n) is 11.5. The van der Waals surface area contributed by atoms with Crippen LogP contribution in [0.4, 0.5) is 5.95 Å². The van der Waals surface area contributed by atoms with Crippen molar-refractivity contribution in [2.75, 3.05) is 18.0 Å². The molecule has 1 aliphatic carbocycles. The second-order valence-electron chi connectivity index (χ2n) is 5.95. The minimum Gasteiger partial charge on any atom is -0.339 e. The highest BCUT2D eigenvalue weighted by Gasteiger charge is 2.26. The Balaban J connectivity index is 1.81. The molecule has 0 amide bonds. The van der Waals surface area contributed by atoms with Crippen molar-refractivity contribution in [3.8, 4) is 0 Å². The zero-order valence-corrected chi connectivity index (χ0v) is 11.5. The van der Waals surface area contributed by atoms with E-state index in [-0.39, 0.29) is 0 Å². The van der Waals surface area contributed by atoms with Gasteiger partial charge in [0.2, 0.25) is 5.95 Å². The third-order valence-electron chi connectivity index (χ3n) is 4.21. The molecule has 2 fully saturated rings. The van der Waals surface area contributed by atoms with Crippen LogP contribution >= 0.6 is 0 Å².